The van der Waals surface area contributed by atoms with Crippen molar-refractivity contribution in [2.24, 2.45) is 0 Å². The SMILES string of the molecule is Cc1ccc2nc(N3C(=O)C(=O)C(=C(O)c4ccc5c(c4)C[C@H](C)O5)[C@@H]3c3ccc(OCc4ccccc4)cc3)sc2c1. The van der Waals surface area contributed by atoms with Gasteiger partial charge in [-0.3, -0.25) is 14.5 Å². The number of ketones is 1. The van der Waals surface area contributed by atoms with E-state index in [-0.39, 0.29) is 17.4 Å². The van der Waals surface area contributed by atoms with E-state index in [9.17, 15) is 14.7 Å². The van der Waals surface area contributed by atoms with Crippen LogP contribution in [0.2, 0.25) is 0 Å². The molecular weight excluding hydrogens is 560 g/mol. The molecule has 8 heteroatoms. The lowest BCUT2D eigenvalue weighted by Gasteiger charge is -2.23. The molecule has 7 nitrogen and oxygen atoms in total. The second-order valence-electron chi connectivity index (χ2n) is 10.9. The third kappa shape index (κ3) is 4.93. The molecule has 2 aliphatic heterocycles. The Bertz CT molecular complexity index is 1910. The minimum Gasteiger partial charge on any atom is -0.507 e. The summed E-state index contributed by atoms with van der Waals surface area (Å²) in [4.78, 5) is 33.5. The van der Waals surface area contributed by atoms with E-state index in [1.807, 2.05) is 92.7 Å². The minimum atomic E-state index is -0.881. The maximum atomic E-state index is 13.7. The molecule has 0 unspecified atom stereocenters. The number of Topliss-reactive ketones (excluding diaryl/α,β-unsaturated/α-hetero) is 1. The highest BCUT2D eigenvalue weighted by atomic mass is 32.1. The van der Waals surface area contributed by atoms with Gasteiger partial charge in [-0.1, -0.05) is 59.9 Å². The molecule has 214 valence electrons. The Hall–Kier alpha value is -4.95. The number of aryl methyl sites for hydroxylation is 1. The van der Waals surface area contributed by atoms with Gasteiger partial charge in [0.05, 0.1) is 21.8 Å². The number of amides is 1. The van der Waals surface area contributed by atoms with Crippen molar-refractivity contribution in [2.75, 3.05) is 4.90 Å². The number of anilines is 1. The van der Waals surface area contributed by atoms with Crippen LogP contribution >= 0.6 is 11.3 Å². The molecule has 5 aromatic rings. The van der Waals surface area contributed by atoms with E-state index < -0.39 is 17.7 Å². The third-order valence-corrected chi connectivity index (χ3v) is 8.81. The highest BCUT2D eigenvalue weighted by Crippen LogP contribution is 2.45. The fraction of sp³-hybridized carbons (Fsp3) is 0.171. The average molecular weight is 589 g/mol. The number of rotatable bonds is 6. The van der Waals surface area contributed by atoms with Crippen LogP contribution in [-0.4, -0.2) is 27.9 Å². The molecule has 0 spiro atoms. The zero-order valence-corrected chi connectivity index (χ0v) is 24.4. The van der Waals surface area contributed by atoms with Crippen molar-refractivity contribution in [3.05, 3.63) is 124 Å². The number of fused-ring (bicyclic) bond motifs is 2. The summed E-state index contributed by atoms with van der Waals surface area (Å²) in [7, 11) is 0. The largest absolute Gasteiger partial charge is 0.507 e. The number of benzene rings is 4. The minimum absolute atomic E-state index is 0.0188. The van der Waals surface area contributed by atoms with E-state index >= 15 is 0 Å². The third-order valence-electron chi connectivity index (χ3n) is 7.80. The first-order valence-electron chi connectivity index (χ1n) is 14.1. The van der Waals surface area contributed by atoms with Gasteiger partial charge in [0.2, 0.25) is 0 Å². The van der Waals surface area contributed by atoms with E-state index in [1.165, 1.54) is 16.2 Å². The van der Waals surface area contributed by atoms with E-state index in [0.717, 1.165) is 32.7 Å². The van der Waals surface area contributed by atoms with Gasteiger partial charge in [-0.2, -0.15) is 0 Å². The fourth-order valence-corrected chi connectivity index (χ4v) is 6.77. The highest BCUT2D eigenvalue weighted by molar-refractivity contribution is 7.22. The molecular formula is C35H28N2O5S. The Morgan fingerprint density at radius 2 is 1.81 bits per heavy atom. The van der Waals surface area contributed by atoms with Gasteiger partial charge in [-0.05, 0) is 78.6 Å². The van der Waals surface area contributed by atoms with Crippen molar-refractivity contribution in [1.29, 1.82) is 0 Å². The Morgan fingerprint density at radius 3 is 2.60 bits per heavy atom. The van der Waals surface area contributed by atoms with E-state index in [2.05, 4.69) is 0 Å². The Morgan fingerprint density at radius 1 is 1.02 bits per heavy atom. The van der Waals surface area contributed by atoms with Gasteiger partial charge in [-0.25, -0.2) is 4.98 Å². The van der Waals surface area contributed by atoms with Crippen molar-refractivity contribution in [2.45, 2.75) is 39.0 Å². The van der Waals surface area contributed by atoms with Crippen molar-refractivity contribution in [3.8, 4) is 11.5 Å². The van der Waals surface area contributed by atoms with Gasteiger partial charge in [0.1, 0.15) is 30.0 Å². The lowest BCUT2D eigenvalue weighted by Crippen LogP contribution is -2.29. The molecule has 1 aromatic heterocycles. The predicted molar refractivity (Wildman–Crippen MR) is 167 cm³/mol. The van der Waals surface area contributed by atoms with Crippen molar-refractivity contribution in [3.63, 3.8) is 0 Å². The zero-order chi connectivity index (χ0) is 29.7. The van der Waals surface area contributed by atoms with Crippen LogP contribution in [0, 0.1) is 6.92 Å². The number of carbonyl (C=O) groups excluding carboxylic acids is 2. The zero-order valence-electron chi connectivity index (χ0n) is 23.6. The fourth-order valence-electron chi connectivity index (χ4n) is 5.68. The number of hydrogen-bond donors (Lipinski definition) is 1. The van der Waals surface area contributed by atoms with Gasteiger partial charge in [0, 0.05) is 12.0 Å². The molecule has 1 fully saturated rings. The van der Waals surface area contributed by atoms with E-state index in [4.69, 9.17) is 14.5 Å². The summed E-state index contributed by atoms with van der Waals surface area (Å²) in [6.07, 6.45) is 0.729. The van der Waals surface area contributed by atoms with Crippen LogP contribution in [0.3, 0.4) is 0 Å². The molecule has 7 rings (SSSR count). The van der Waals surface area contributed by atoms with Crippen molar-refractivity contribution < 1.29 is 24.2 Å². The Kier molecular flexibility index (Phi) is 6.70. The van der Waals surface area contributed by atoms with E-state index in [1.54, 1.807) is 12.1 Å². The Balaban J connectivity index is 1.31. The van der Waals surface area contributed by atoms with Crippen LogP contribution in [0.1, 0.15) is 40.8 Å². The number of aliphatic hydroxyl groups is 1. The molecule has 2 aliphatic rings. The van der Waals surface area contributed by atoms with E-state index in [0.29, 0.717) is 35.0 Å². The normalized spacial score (nSPS) is 19.1. The number of thiazole rings is 1. The standard InChI is InChI=1S/C35H28N2O5S/c1-20-8-14-27-29(16-20)43-35(36-27)37-31(23-9-12-26(13-10-23)41-19-22-6-4-3-5-7-22)30(33(39)34(37)40)32(38)24-11-15-28-25(18-24)17-21(2)42-28/h3-16,18,21,31,38H,17,19H2,1-2H3/t21-,31-/m0/s1. The number of aromatic nitrogens is 1. The smallest absolute Gasteiger partial charge is 0.301 e. The molecule has 4 aromatic carbocycles. The first-order chi connectivity index (χ1) is 20.9. The van der Waals surface area contributed by atoms with Crippen molar-refractivity contribution in [1.82, 2.24) is 4.98 Å². The predicted octanol–water partition coefficient (Wildman–Crippen LogP) is 7.13. The molecule has 0 radical (unpaired) electrons. The van der Waals surface area contributed by atoms with Crippen LogP contribution in [-0.2, 0) is 22.6 Å². The number of ether oxygens (including phenoxy) is 2. The lowest BCUT2D eigenvalue weighted by molar-refractivity contribution is -0.132. The molecule has 43 heavy (non-hydrogen) atoms. The number of nitrogens with zero attached hydrogens (tertiary/aromatic N) is 2. The first kappa shape index (κ1) is 26.9. The monoisotopic (exact) mass is 588 g/mol. The van der Waals surface area contributed by atoms with Gasteiger partial charge in [0.15, 0.2) is 5.13 Å². The topological polar surface area (TPSA) is 89.0 Å². The maximum Gasteiger partial charge on any atom is 0.301 e. The number of hydrogen-bond acceptors (Lipinski definition) is 7. The second kappa shape index (κ2) is 10.7. The van der Waals surface area contributed by atoms with Crippen LogP contribution < -0.4 is 14.4 Å². The summed E-state index contributed by atoms with van der Waals surface area (Å²) < 4.78 is 12.7. The van der Waals surface area contributed by atoms with Gasteiger partial charge >= 0.3 is 5.91 Å². The quantitative estimate of drug-likeness (QED) is 0.129. The van der Waals surface area contributed by atoms with Crippen LogP contribution in [0.5, 0.6) is 11.5 Å². The molecule has 1 amide bonds. The van der Waals surface area contributed by atoms with Crippen molar-refractivity contribution >= 4 is 44.1 Å². The maximum absolute atomic E-state index is 13.7. The van der Waals surface area contributed by atoms with Gasteiger partial charge in [0.25, 0.3) is 5.78 Å². The molecule has 0 bridgehead atoms. The number of aliphatic hydroxyl groups excluding tert-OH is 1. The summed E-state index contributed by atoms with van der Waals surface area (Å²) in [5.41, 5.74) is 4.93. The van der Waals surface area contributed by atoms with Crippen LogP contribution in [0.25, 0.3) is 16.0 Å². The van der Waals surface area contributed by atoms with Crippen LogP contribution in [0.15, 0.2) is 96.6 Å². The summed E-state index contributed by atoms with van der Waals surface area (Å²) in [5.74, 6) is -0.309. The van der Waals surface area contributed by atoms with Gasteiger partial charge < -0.3 is 14.6 Å². The molecule has 3 heterocycles. The second-order valence-corrected chi connectivity index (χ2v) is 11.9. The average Bonchev–Trinajstić information content (AvgIpc) is 3.68. The summed E-state index contributed by atoms with van der Waals surface area (Å²) in [6, 6.07) is 27.5. The summed E-state index contributed by atoms with van der Waals surface area (Å²) in [5, 5.41) is 12.0. The number of carbonyl (C=O) groups is 2. The molecule has 1 saturated heterocycles. The summed E-state index contributed by atoms with van der Waals surface area (Å²) in [6.45, 7) is 4.39. The molecule has 2 atom stereocenters. The first-order valence-corrected chi connectivity index (χ1v) is 14.9. The lowest BCUT2D eigenvalue weighted by atomic mass is 9.94. The molecule has 0 aliphatic carbocycles. The highest BCUT2D eigenvalue weighted by Gasteiger charge is 2.48. The van der Waals surface area contributed by atoms with Gasteiger partial charge in [-0.15, -0.1) is 0 Å². The Labute approximate surface area is 252 Å². The summed E-state index contributed by atoms with van der Waals surface area (Å²) >= 11 is 1.34. The molecule has 1 N–H and O–H groups in total. The molecule has 0 saturated carbocycles. The van der Waals surface area contributed by atoms with Crippen LogP contribution in [0.4, 0.5) is 5.13 Å².